The third-order valence-electron chi connectivity index (χ3n) is 10.3. The van der Waals surface area contributed by atoms with Crippen molar-refractivity contribution in [2.24, 2.45) is 11.8 Å². The first-order chi connectivity index (χ1) is 25.6. The Bertz CT molecular complexity index is 1180. The van der Waals surface area contributed by atoms with E-state index in [2.05, 4.69) is 61.8 Å². The van der Waals surface area contributed by atoms with Crippen LogP contribution in [0.3, 0.4) is 0 Å². The predicted octanol–water partition coefficient (Wildman–Crippen LogP) is 7.67. The van der Waals surface area contributed by atoms with Crippen molar-refractivity contribution in [3.63, 3.8) is 0 Å². The Morgan fingerprint density at radius 1 is 0.660 bits per heavy atom. The van der Waals surface area contributed by atoms with Crippen molar-refractivity contribution >= 4 is 23.9 Å². The standard InChI is InChI=1S/C43H68N2O8/c1-34(2)10-8-12-36-14-18-38(19-15-36)42(48)52-32-30-50-40(46)22-26-45(29-28-44-24-6-5-7-25-44)27-23-41(47)51-31-33-53-43(49)39-20-16-37(17-21-39)13-9-11-35(3)4/h10-11,14,16,38-39H,5-9,12-13,15,17-33H2,1-4H3. The average molecular weight is 741 g/mol. The van der Waals surface area contributed by atoms with Crippen molar-refractivity contribution in [3.05, 3.63) is 46.6 Å². The van der Waals surface area contributed by atoms with Crippen molar-refractivity contribution in [1.82, 2.24) is 9.80 Å². The van der Waals surface area contributed by atoms with Gasteiger partial charge in [-0.05, 0) is 118 Å². The van der Waals surface area contributed by atoms with Crippen molar-refractivity contribution in [3.8, 4) is 0 Å². The fraction of sp³-hybridized carbons (Fsp3) is 0.721. The summed E-state index contributed by atoms with van der Waals surface area (Å²) in [5.74, 6) is -1.44. The van der Waals surface area contributed by atoms with Crippen LogP contribution in [0, 0.1) is 11.8 Å². The smallest absolute Gasteiger partial charge is 0.309 e. The number of carbonyl (C=O) groups excluding carboxylic acids is 4. The number of likely N-dealkylation sites (tertiary alicyclic amines) is 1. The molecule has 3 rings (SSSR count). The Morgan fingerprint density at radius 2 is 1.11 bits per heavy atom. The molecule has 0 aromatic carbocycles. The number of hydrogen-bond acceptors (Lipinski definition) is 10. The van der Waals surface area contributed by atoms with E-state index in [1.165, 1.54) is 41.6 Å². The lowest BCUT2D eigenvalue weighted by Gasteiger charge is -2.29. The average Bonchev–Trinajstić information content (AvgIpc) is 3.15. The van der Waals surface area contributed by atoms with Crippen LogP contribution in [0.1, 0.15) is 124 Å². The molecule has 0 saturated carbocycles. The van der Waals surface area contributed by atoms with Crippen LogP contribution >= 0.6 is 0 Å². The summed E-state index contributed by atoms with van der Waals surface area (Å²) in [6.07, 6.45) is 21.8. The maximum atomic E-state index is 12.6. The number of piperidine rings is 1. The minimum absolute atomic E-state index is 0.0286. The highest BCUT2D eigenvalue weighted by Crippen LogP contribution is 2.28. The summed E-state index contributed by atoms with van der Waals surface area (Å²) in [5.41, 5.74) is 5.47. The number of rotatable bonds is 23. The molecule has 2 atom stereocenters. The van der Waals surface area contributed by atoms with Crippen molar-refractivity contribution < 1.29 is 38.1 Å². The molecule has 1 heterocycles. The van der Waals surface area contributed by atoms with Crippen LogP contribution in [-0.2, 0) is 38.1 Å². The van der Waals surface area contributed by atoms with Crippen LogP contribution in [0.5, 0.6) is 0 Å². The fourth-order valence-electron chi connectivity index (χ4n) is 7.03. The number of ether oxygens (including phenoxy) is 4. The zero-order valence-corrected chi connectivity index (χ0v) is 33.3. The molecular formula is C43H68N2O8. The van der Waals surface area contributed by atoms with Crippen molar-refractivity contribution in [2.75, 3.05) is 65.7 Å². The van der Waals surface area contributed by atoms with Crippen LogP contribution in [0.4, 0.5) is 0 Å². The second kappa shape index (κ2) is 25.7. The van der Waals surface area contributed by atoms with E-state index in [1.807, 2.05) is 0 Å². The molecule has 3 aliphatic rings. The van der Waals surface area contributed by atoms with Gasteiger partial charge in [0.1, 0.15) is 26.4 Å². The summed E-state index contributed by atoms with van der Waals surface area (Å²) in [7, 11) is 0. The first-order valence-electron chi connectivity index (χ1n) is 20.3. The second-order valence-electron chi connectivity index (χ2n) is 15.3. The van der Waals surface area contributed by atoms with Crippen LogP contribution < -0.4 is 0 Å². The third-order valence-corrected chi connectivity index (χ3v) is 10.3. The molecule has 10 heteroatoms. The molecule has 10 nitrogen and oxygen atoms in total. The molecule has 298 valence electrons. The van der Waals surface area contributed by atoms with Gasteiger partial charge < -0.3 is 28.7 Å². The number of carbonyl (C=O) groups is 4. The summed E-state index contributed by atoms with van der Waals surface area (Å²) >= 11 is 0. The van der Waals surface area contributed by atoms with Gasteiger partial charge in [-0.3, -0.25) is 19.2 Å². The number of hydrogen-bond donors (Lipinski definition) is 0. The van der Waals surface area contributed by atoms with E-state index >= 15 is 0 Å². The van der Waals surface area contributed by atoms with Gasteiger partial charge in [-0.15, -0.1) is 0 Å². The SMILES string of the molecule is CC(C)=CCCC1=CCC(C(=O)OCCOC(=O)CCN(CCC(=O)OCCOC(=O)C2CC=C(CCC=C(C)C)CC2)CCN2CCCCC2)CC1. The fourth-order valence-corrected chi connectivity index (χ4v) is 7.03. The molecule has 1 saturated heterocycles. The van der Waals surface area contributed by atoms with Gasteiger partial charge in [-0.2, -0.15) is 0 Å². The highest BCUT2D eigenvalue weighted by Gasteiger charge is 2.24. The highest BCUT2D eigenvalue weighted by atomic mass is 16.6. The maximum absolute atomic E-state index is 12.6. The Kier molecular flexibility index (Phi) is 21.4. The van der Waals surface area contributed by atoms with Crippen LogP contribution in [0.15, 0.2) is 46.6 Å². The van der Waals surface area contributed by atoms with E-state index in [4.69, 9.17) is 18.9 Å². The minimum atomic E-state index is -0.358. The molecule has 2 unspecified atom stereocenters. The van der Waals surface area contributed by atoms with E-state index in [-0.39, 0.29) is 75.0 Å². The molecule has 1 fully saturated rings. The first-order valence-corrected chi connectivity index (χ1v) is 20.3. The molecule has 53 heavy (non-hydrogen) atoms. The van der Waals surface area contributed by atoms with Crippen molar-refractivity contribution in [2.45, 2.75) is 124 Å². The zero-order chi connectivity index (χ0) is 38.3. The first kappa shape index (κ1) is 44.2. The van der Waals surface area contributed by atoms with Gasteiger partial charge in [-0.25, -0.2) is 0 Å². The zero-order valence-electron chi connectivity index (χ0n) is 33.3. The van der Waals surface area contributed by atoms with Gasteiger partial charge in [-0.1, -0.05) is 53.0 Å². The molecule has 0 N–H and O–H groups in total. The van der Waals surface area contributed by atoms with Gasteiger partial charge in [0.05, 0.1) is 24.7 Å². The summed E-state index contributed by atoms with van der Waals surface area (Å²) < 4.78 is 21.6. The minimum Gasteiger partial charge on any atom is -0.462 e. The van der Waals surface area contributed by atoms with Crippen LogP contribution in [0.2, 0.25) is 0 Å². The summed E-state index contributed by atoms with van der Waals surface area (Å²) in [4.78, 5) is 54.8. The maximum Gasteiger partial charge on any atom is 0.309 e. The second-order valence-corrected chi connectivity index (χ2v) is 15.3. The molecule has 0 spiro atoms. The topological polar surface area (TPSA) is 112 Å². The summed E-state index contributed by atoms with van der Waals surface area (Å²) in [6.45, 7) is 13.2. The van der Waals surface area contributed by atoms with E-state index in [9.17, 15) is 19.2 Å². The lowest BCUT2D eigenvalue weighted by Crippen LogP contribution is -2.39. The summed E-state index contributed by atoms with van der Waals surface area (Å²) in [5, 5.41) is 0. The lowest BCUT2D eigenvalue weighted by atomic mass is 9.88. The quantitative estimate of drug-likeness (QED) is 0.0448. The molecular weight excluding hydrogens is 672 g/mol. The Morgan fingerprint density at radius 3 is 1.53 bits per heavy atom. The van der Waals surface area contributed by atoms with Crippen LogP contribution in [-0.4, -0.2) is 99.4 Å². The normalized spacial score (nSPS) is 19.0. The molecule has 0 aromatic rings. The van der Waals surface area contributed by atoms with Gasteiger partial charge in [0.15, 0.2) is 0 Å². The monoisotopic (exact) mass is 740 g/mol. The Labute approximate surface area is 319 Å². The van der Waals surface area contributed by atoms with Gasteiger partial charge in [0.2, 0.25) is 0 Å². The van der Waals surface area contributed by atoms with Crippen molar-refractivity contribution in [1.29, 1.82) is 0 Å². The molecule has 1 aliphatic heterocycles. The number of allylic oxidation sites excluding steroid dienone is 8. The number of esters is 4. The van der Waals surface area contributed by atoms with Crippen LogP contribution in [0.25, 0.3) is 0 Å². The number of nitrogens with zero attached hydrogens (tertiary/aromatic N) is 2. The van der Waals surface area contributed by atoms with E-state index in [1.54, 1.807) is 0 Å². The molecule has 0 bridgehead atoms. The van der Waals surface area contributed by atoms with E-state index < -0.39 is 0 Å². The Balaban J connectivity index is 1.30. The molecule has 0 aromatic heterocycles. The van der Waals surface area contributed by atoms with Gasteiger partial charge >= 0.3 is 23.9 Å². The van der Waals surface area contributed by atoms with Gasteiger partial charge in [0, 0.05) is 26.2 Å². The molecule has 2 aliphatic carbocycles. The highest BCUT2D eigenvalue weighted by molar-refractivity contribution is 5.73. The molecule has 0 amide bonds. The summed E-state index contributed by atoms with van der Waals surface area (Å²) in [6, 6.07) is 0. The molecule has 0 radical (unpaired) electrons. The van der Waals surface area contributed by atoms with E-state index in [0.717, 1.165) is 77.5 Å². The predicted molar refractivity (Wildman–Crippen MR) is 208 cm³/mol. The largest absolute Gasteiger partial charge is 0.462 e. The third kappa shape index (κ3) is 19.6. The van der Waals surface area contributed by atoms with Gasteiger partial charge in [0.25, 0.3) is 0 Å². The lowest BCUT2D eigenvalue weighted by molar-refractivity contribution is -0.155. The Hall–Kier alpha value is -3.24. The van der Waals surface area contributed by atoms with E-state index in [0.29, 0.717) is 25.9 Å².